The Kier molecular flexibility index (Phi) is 3.90. The van der Waals surface area contributed by atoms with Crippen LogP contribution in [0.2, 0.25) is 0 Å². The monoisotopic (exact) mass is 258 g/mol. The first kappa shape index (κ1) is 13.1. The zero-order valence-corrected chi connectivity index (χ0v) is 12.1. The SMILES string of the molecule is CC1(c2ccccc2)CN(C2CCCC2)CCCN1. The third kappa shape index (κ3) is 2.85. The zero-order valence-electron chi connectivity index (χ0n) is 12.1. The van der Waals surface area contributed by atoms with Crippen molar-refractivity contribution < 1.29 is 0 Å². The zero-order chi connectivity index (χ0) is 13.1. The summed E-state index contributed by atoms with van der Waals surface area (Å²) in [5.74, 6) is 0. The standard InChI is InChI=1S/C17H26N2/c1-17(15-8-3-2-4-9-15)14-19(13-7-12-18-17)16-10-5-6-11-16/h2-4,8-9,16,18H,5-7,10-14H2,1H3. The fourth-order valence-electron chi connectivity index (χ4n) is 3.77. The number of hydrogen-bond donors (Lipinski definition) is 1. The molecule has 2 heteroatoms. The molecule has 1 N–H and O–H groups in total. The Hall–Kier alpha value is -0.860. The van der Waals surface area contributed by atoms with Gasteiger partial charge in [0.1, 0.15) is 0 Å². The van der Waals surface area contributed by atoms with Crippen LogP contribution < -0.4 is 5.32 Å². The smallest absolute Gasteiger partial charge is 0.0535 e. The molecule has 19 heavy (non-hydrogen) atoms. The van der Waals surface area contributed by atoms with E-state index in [0.717, 1.165) is 19.1 Å². The molecule has 0 radical (unpaired) electrons. The minimum Gasteiger partial charge on any atom is -0.307 e. The second-order valence-electron chi connectivity index (χ2n) is 6.39. The van der Waals surface area contributed by atoms with Crippen LogP contribution in [0.4, 0.5) is 0 Å². The highest BCUT2D eigenvalue weighted by atomic mass is 15.2. The summed E-state index contributed by atoms with van der Waals surface area (Å²) in [7, 11) is 0. The predicted molar refractivity (Wildman–Crippen MR) is 80.2 cm³/mol. The molecule has 0 spiro atoms. The summed E-state index contributed by atoms with van der Waals surface area (Å²) in [6, 6.07) is 11.8. The first-order valence-electron chi connectivity index (χ1n) is 7.82. The van der Waals surface area contributed by atoms with Crippen LogP contribution in [0.25, 0.3) is 0 Å². The molecule has 1 aromatic carbocycles. The number of nitrogens with one attached hydrogen (secondary N) is 1. The summed E-state index contributed by atoms with van der Waals surface area (Å²) < 4.78 is 0. The molecule has 104 valence electrons. The van der Waals surface area contributed by atoms with E-state index in [4.69, 9.17) is 0 Å². The lowest BCUT2D eigenvalue weighted by Crippen LogP contribution is -2.48. The van der Waals surface area contributed by atoms with Crippen molar-refractivity contribution in [3.63, 3.8) is 0 Å². The first-order valence-corrected chi connectivity index (χ1v) is 7.82. The quantitative estimate of drug-likeness (QED) is 0.876. The van der Waals surface area contributed by atoms with Gasteiger partial charge in [0.2, 0.25) is 0 Å². The van der Waals surface area contributed by atoms with Crippen LogP contribution >= 0.6 is 0 Å². The average molecular weight is 258 g/mol. The highest BCUT2D eigenvalue weighted by Crippen LogP contribution is 2.30. The Morgan fingerprint density at radius 1 is 1.11 bits per heavy atom. The van der Waals surface area contributed by atoms with Gasteiger partial charge in [-0.2, -0.15) is 0 Å². The van der Waals surface area contributed by atoms with E-state index in [1.165, 1.54) is 44.2 Å². The molecule has 1 atom stereocenters. The topological polar surface area (TPSA) is 15.3 Å². The normalized spacial score (nSPS) is 30.4. The predicted octanol–water partition coefficient (Wildman–Crippen LogP) is 3.14. The summed E-state index contributed by atoms with van der Waals surface area (Å²) >= 11 is 0. The molecular formula is C17H26N2. The van der Waals surface area contributed by atoms with Crippen molar-refractivity contribution >= 4 is 0 Å². The van der Waals surface area contributed by atoms with Gasteiger partial charge in [-0.3, -0.25) is 4.90 Å². The lowest BCUT2D eigenvalue weighted by Gasteiger charge is -2.37. The lowest BCUT2D eigenvalue weighted by atomic mass is 9.91. The molecule has 1 unspecified atom stereocenters. The van der Waals surface area contributed by atoms with Gasteiger partial charge in [0.05, 0.1) is 5.54 Å². The highest BCUT2D eigenvalue weighted by Gasteiger charge is 2.34. The molecule has 2 aliphatic rings. The Morgan fingerprint density at radius 3 is 2.58 bits per heavy atom. The van der Waals surface area contributed by atoms with E-state index in [-0.39, 0.29) is 5.54 Å². The number of hydrogen-bond acceptors (Lipinski definition) is 2. The second-order valence-corrected chi connectivity index (χ2v) is 6.39. The van der Waals surface area contributed by atoms with E-state index in [1.807, 2.05) is 0 Å². The van der Waals surface area contributed by atoms with Gasteiger partial charge in [-0.15, -0.1) is 0 Å². The molecule has 1 saturated carbocycles. The van der Waals surface area contributed by atoms with Gasteiger partial charge in [-0.05, 0) is 44.8 Å². The number of rotatable bonds is 2. The summed E-state index contributed by atoms with van der Waals surface area (Å²) in [6.07, 6.45) is 6.95. The van der Waals surface area contributed by atoms with Crippen LogP contribution in [0.3, 0.4) is 0 Å². The van der Waals surface area contributed by atoms with E-state index in [0.29, 0.717) is 0 Å². The molecule has 1 saturated heterocycles. The fraction of sp³-hybridized carbons (Fsp3) is 0.647. The maximum absolute atomic E-state index is 3.79. The van der Waals surface area contributed by atoms with Crippen LogP contribution in [0.5, 0.6) is 0 Å². The van der Waals surface area contributed by atoms with Gasteiger partial charge < -0.3 is 5.32 Å². The Bertz CT molecular complexity index is 397. The van der Waals surface area contributed by atoms with Crippen LogP contribution in [0.15, 0.2) is 30.3 Å². The Balaban J connectivity index is 1.80. The van der Waals surface area contributed by atoms with Crippen molar-refractivity contribution in [3.8, 4) is 0 Å². The third-order valence-corrected chi connectivity index (χ3v) is 4.91. The largest absolute Gasteiger partial charge is 0.307 e. The van der Waals surface area contributed by atoms with Gasteiger partial charge in [0.25, 0.3) is 0 Å². The molecule has 0 bridgehead atoms. The summed E-state index contributed by atoms with van der Waals surface area (Å²) in [6.45, 7) is 5.92. The molecule has 2 fully saturated rings. The minimum absolute atomic E-state index is 0.111. The van der Waals surface area contributed by atoms with Gasteiger partial charge in [0, 0.05) is 12.6 Å². The molecule has 1 aliphatic heterocycles. The van der Waals surface area contributed by atoms with E-state index in [9.17, 15) is 0 Å². The van der Waals surface area contributed by atoms with E-state index < -0.39 is 0 Å². The van der Waals surface area contributed by atoms with Gasteiger partial charge in [0.15, 0.2) is 0 Å². The van der Waals surface area contributed by atoms with Crippen molar-refractivity contribution in [1.82, 2.24) is 10.2 Å². The van der Waals surface area contributed by atoms with Crippen molar-refractivity contribution in [2.75, 3.05) is 19.6 Å². The summed E-state index contributed by atoms with van der Waals surface area (Å²) in [5, 5.41) is 3.79. The van der Waals surface area contributed by atoms with Crippen molar-refractivity contribution in [2.45, 2.75) is 50.6 Å². The molecule has 0 amide bonds. The van der Waals surface area contributed by atoms with Gasteiger partial charge in [-0.1, -0.05) is 43.2 Å². The van der Waals surface area contributed by atoms with E-state index in [2.05, 4.69) is 47.5 Å². The lowest BCUT2D eigenvalue weighted by molar-refractivity contribution is 0.163. The van der Waals surface area contributed by atoms with E-state index >= 15 is 0 Å². The molecule has 0 aromatic heterocycles. The fourth-order valence-corrected chi connectivity index (χ4v) is 3.77. The molecule has 2 nitrogen and oxygen atoms in total. The molecule has 3 rings (SSSR count). The molecule has 1 heterocycles. The van der Waals surface area contributed by atoms with Crippen molar-refractivity contribution in [1.29, 1.82) is 0 Å². The van der Waals surface area contributed by atoms with Gasteiger partial charge >= 0.3 is 0 Å². The number of nitrogens with zero attached hydrogens (tertiary/aromatic N) is 1. The first-order chi connectivity index (χ1) is 9.28. The summed E-state index contributed by atoms with van der Waals surface area (Å²) in [4.78, 5) is 2.75. The highest BCUT2D eigenvalue weighted by molar-refractivity contribution is 5.24. The molecular weight excluding hydrogens is 232 g/mol. The maximum atomic E-state index is 3.79. The molecule has 1 aliphatic carbocycles. The van der Waals surface area contributed by atoms with Crippen LogP contribution in [-0.2, 0) is 5.54 Å². The minimum atomic E-state index is 0.111. The van der Waals surface area contributed by atoms with Gasteiger partial charge in [-0.25, -0.2) is 0 Å². The maximum Gasteiger partial charge on any atom is 0.0535 e. The third-order valence-electron chi connectivity index (χ3n) is 4.91. The van der Waals surface area contributed by atoms with Crippen LogP contribution in [0, 0.1) is 0 Å². The number of benzene rings is 1. The Labute approximate surface area is 117 Å². The van der Waals surface area contributed by atoms with E-state index in [1.54, 1.807) is 0 Å². The van der Waals surface area contributed by atoms with Crippen molar-refractivity contribution in [3.05, 3.63) is 35.9 Å². The average Bonchev–Trinajstić information content (AvgIpc) is 2.90. The second kappa shape index (κ2) is 5.64. The van der Waals surface area contributed by atoms with Crippen LogP contribution in [0.1, 0.15) is 44.6 Å². The molecule has 1 aromatic rings. The summed E-state index contributed by atoms with van der Waals surface area (Å²) in [5.41, 5.74) is 1.54. The Morgan fingerprint density at radius 2 is 1.84 bits per heavy atom. The van der Waals surface area contributed by atoms with Crippen LogP contribution in [-0.4, -0.2) is 30.6 Å². The van der Waals surface area contributed by atoms with Crippen molar-refractivity contribution in [2.24, 2.45) is 0 Å².